The quantitative estimate of drug-likeness (QED) is 0.618. The lowest BCUT2D eigenvalue weighted by Crippen LogP contribution is -2.23. The van der Waals surface area contributed by atoms with Crippen LogP contribution in [0, 0.1) is 6.92 Å². The summed E-state index contributed by atoms with van der Waals surface area (Å²) in [4.78, 5) is 17.3. The average molecular weight is 435 g/mol. The van der Waals surface area contributed by atoms with Crippen molar-refractivity contribution in [2.45, 2.75) is 31.8 Å². The molecule has 3 aromatic rings. The molecule has 1 aromatic carbocycles. The SMILES string of the molecule is Cc1cc(=O)c2c(OCC(O)CO)ncc(C3CC3)c2n1-c1c(Cl)cccc1Cl. The van der Waals surface area contributed by atoms with Crippen LogP contribution in [-0.4, -0.2) is 39.1 Å². The number of fused-ring (bicyclic) bond motifs is 1. The van der Waals surface area contributed by atoms with Crippen LogP contribution in [0.4, 0.5) is 0 Å². The zero-order valence-electron chi connectivity index (χ0n) is 15.7. The number of para-hydroxylation sites is 1. The van der Waals surface area contributed by atoms with Crippen molar-refractivity contribution in [2.75, 3.05) is 13.2 Å². The number of aliphatic hydroxyl groups is 2. The van der Waals surface area contributed by atoms with Crippen LogP contribution in [0.5, 0.6) is 5.88 Å². The number of benzene rings is 1. The van der Waals surface area contributed by atoms with Gasteiger partial charge in [0.2, 0.25) is 5.88 Å². The molecule has 0 bridgehead atoms. The summed E-state index contributed by atoms with van der Waals surface area (Å²) in [5.74, 6) is 0.412. The second-order valence-corrected chi connectivity index (χ2v) is 8.03. The molecule has 1 aliphatic carbocycles. The van der Waals surface area contributed by atoms with Gasteiger partial charge in [0, 0.05) is 18.0 Å². The maximum Gasteiger partial charge on any atom is 0.227 e. The minimum atomic E-state index is -1.07. The zero-order chi connectivity index (χ0) is 20.7. The van der Waals surface area contributed by atoms with E-state index in [9.17, 15) is 9.90 Å². The van der Waals surface area contributed by atoms with Crippen LogP contribution in [0.2, 0.25) is 10.0 Å². The number of aryl methyl sites for hydroxylation is 1. The number of nitrogens with zero attached hydrogens (tertiary/aromatic N) is 2. The first kappa shape index (κ1) is 20.2. The number of hydrogen-bond donors (Lipinski definition) is 2. The molecule has 6 nitrogen and oxygen atoms in total. The predicted octanol–water partition coefficient (Wildman–Crippen LogP) is 3.61. The Bertz CT molecular complexity index is 1120. The summed E-state index contributed by atoms with van der Waals surface area (Å²) in [6, 6.07) is 6.76. The first-order valence-corrected chi connectivity index (χ1v) is 10.1. The number of ether oxygens (including phenoxy) is 1. The highest BCUT2D eigenvalue weighted by Crippen LogP contribution is 2.45. The van der Waals surface area contributed by atoms with Gasteiger partial charge in [0.25, 0.3) is 0 Å². The molecule has 0 amide bonds. The second kappa shape index (κ2) is 7.95. The molecule has 8 heteroatoms. The monoisotopic (exact) mass is 434 g/mol. The van der Waals surface area contributed by atoms with Crippen LogP contribution >= 0.6 is 23.2 Å². The van der Waals surface area contributed by atoms with Gasteiger partial charge in [0.1, 0.15) is 18.1 Å². The molecule has 1 unspecified atom stereocenters. The van der Waals surface area contributed by atoms with Crippen molar-refractivity contribution in [1.82, 2.24) is 9.55 Å². The molecule has 1 atom stereocenters. The predicted molar refractivity (Wildman–Crippen MR) is 113 cm³/mol. The molecule has 1 aliphatic rings. The van der Waals surface area contributed by atoms with E-state index in [1.54, 1.807) is 24.4 Å². The van der Waals surface area contributed by atoms with Crippen molar-refractivity contribution >= 4 is 34.1 Å². The summed E-state index contributed by atoms with van der Waals surface area (Å²) in [7, 11) is 0. The average Bonchev–Trinajstić information content (AvgIpc) is 3.52. The molecule has 152 valence electrons. The number of hydrogen-bond acceptors (Lipinski definition) is 5. The van der Waals surface area contributed by atoms with Crippen LogP contribution in [0.1, 0.15) is 30.0 Å². The van der Waals surface area contributed by atoms with E-state index < -0.39 is 12.7 Å². The minimum Gasteiger partial charge on any atom is -0.474 e. The van der Waals surface area contributed by atoms with E-state index in [0.717, 1.165) is 18.4 Å². The molecule has 2 N–H and O–H groups in total. The lowest BCUT2D eigenvalue weighted by atomic mass is 10.1. The van der Waals surface area contributed by atoms with Crippen LogP contribution in [-0.2, 0) is 0 Å². The maximum atomic E-state index is 13.0. The van der Waals surface area contributed by atoms with Crippen LogP contribution in [0.15, 0.2) is 35.3 Å². The van der Waals surface area contributed by atoms with Gasteiger partial charge in [-0.1, -0.05) is 29.3 Å². The highest BCUT2D eigenvalue weighted by Gasteiger charge is 2.30. The summed E-state index contributed by atoms with van der Waals surface area (Å²) >= 11 is 13.0. The van der Waals surface area contributed by atoms with Crippen molar-refractivity contribution in [3.05, 3.63) is 62.0 Å². The van der Waals surface area contributed by atoms with E-state index in [-0.39, 0.29) is 17.9 Å². The molecule has 0 saturated heterocycles. The van der Waals surface area contributed by atoms with Gasteiger partial charge in [-0.05, 0) is 43.4 Å². The third-order valence-electron chi connectivity index (χ3n) is 5.01. The summed E-state index contributed by atoms with van der Waals surface area (Å²) in [5, 5.41) is 19.9. The summed E-state index contributed by atoms with van der Waals surface area (Å²) in [6.07, 6.45) is 2.67. The summed E-state index contributed by atoms with van der Waals surface area (Å²) in [6.45, 7) is 1.20. The van der Waals surface area contributed by atoms with Gasteiger partial charge in [-0.2, -0.15) is 0 Å². The van der Waals surface area contributed by atoms with Gasteiger partial charge in [-0.25, -0.2) is 4.98 Å². The smallest absolute Gasteiger partial charge is 0.227 e. The van der Waals surface area contributed by atoms with E-state index in [1.165, 1.54) is 6.07 Å². The van der Waals surface area contributed by atoms with E-state index >= 15 is 0 Å². The third kappa shape index (κ3) is 3.73. The second-order valence-electron chi connectivity index (χ2n) is 7.22. The molecular formula is C21H20Cl2N2O4. The van der Waals surface area contributed by atoms with Gasteiger partial charge in [0.05, 0.1) is 27.9 Å². The Balaban J connectivity index is 2.05. The van der Waals surface area contributed by atoms with E-state index in [1.807, 2.05) is 11.5 Å². The van der Waals surface area contributed by atoms with Crippen molar-refractivity contribution < 1.29 is 14.9 Å². The highest BCUT2D eigenvalue weighted by molar-refractivity contribution is 6.37. The number of aromatic nitrogens is 2. The van der Waals surface area contributed by atoms with Gasteiger partial charge in [0.15, 0.2) is 5.43 Å². The Labute approximate surface area is 177 Å². The summed E-state index contributed by atoms with van der Waals surface area (Å²) < 4.78 is 7.48. The van der Waals surface area contributed by atoms with Gasteiger partial charge in [-0.3, -0.25) is 4.79 Å². The lowest BCUT2D eigenvalue weighted by Gasteiger charge is -2.21. The standard InChI is InChI=1S/C21H20Cl2N2O4/c1-11-7-17(28)18-19(25(11)20-15(22)3-2-4-16(20)23)14(12-5-6-12)8-24-21(18)29-10-13(27)9-26/h2-4,7-8,12-13,26-27H,5-6,9-10H2,1H3. The Morgan fingerprint density at radius 2 is 2.00 bits per heavy atom. The fourth-order valence-electron chi connectivity index (χ4n) is 3.49. The van der Waals surface area contributed by atoms with E-state index in [2.05, 4.69) is 4.98 Å². The molecular weight excluding hydrogens is 415 g/mol. The Kier molecular flexibility index (Phi) is 5.53. The molecule has 1 fully saturated rings. The number of pyridine rings is 2. The summed E-state index contributed by atoms with van der Waals surface area (Å²) in [5.41, 5.74) is 2.64. The Morgan fingerprint density at radius 3 is 2.62 bits per heavy atom. The highest BCUT2D eigenvalue weighted by atomic mass is 35.5. The molecule has 0 spiro atoms. The minimum absolute atomic E-state index is 0.110. The van der Waals surface area contributed by atoms with Crippen LogP contribution in [0.3, 0.4) is 0 Å². The van der Waals surface area contributed by atoms with Crippen molar-refractivity contribution in [1.29, 1.82) is 0 Å². The van der Waals surface area contributed by atoms with Gasteiger partial charge < -0.3 is 19.5 Å². The van der Waals surface area contributed by atoms with E-state index in [0.29, 0.717) is 38.2 Å². The molecule has 2 aromatic heterocycles. The molecule has 29 heavy (non-hydrogen) atoms. The number of aliphatic hydroxyl groups excluding tert-OH is 2. The van der Waals surface area contributed by atoms with Crippen molar-refractivity contribution in [3.63, 3.8) is 0 Å². The third-order valence-corrected chi connectivity index (χ3v) is 5.62. The molecule has 0 aliphatic heterocycles. The maximum absolute atomic E-state index is 13.0. The molecule has 1 saturated carbocycles. The lowest BCUT2D eigenvalue weighted by molar-refractivity contribution is 0.0526. The van der Waals surface area contributed by atoms with Crippen LogP contribution in [0.25, 0.3) is 16.6 Å². The fourth-order valence-corrected chi connectivity index (χ4v) is 4.05. The zero-order valence-corrected chi connectivity index (χ0v) is 17.2. The molecule has 0 radical (unpaired) electrons. The molecule has 2 heterocycles. The van der Waals surface area contributed by atoms with Crippen molar-refractivity contribution in [2.24, 2.45) is 0 Å². The van der Waals surface area contributed by atoms with Gasteiger partial charge >= 0.3 is 0 Å². The Morgan fingerprint density at radius 1 is 1.31 bits per heavy atom. The topological polar surface area (TPSA) is 84.6 Å². The normalized spacial score (nSPS) is 14.9. The molecule has 4 rings (SSSR count). The first-order valence-electron chi connectivity index (χ1n) is 9.33. The Hall–Kier alpha value is -2.12. The largest absolute Gasteiger partial charge is 0.474 e. The van der Waals surface area contributed by atoms with Crippen molar-refractivity contribution in [3.8, 4) is 11.6 Å². The fraction of sp³-hybridized carbons (Fsp3) is 0.333. The number of rotatable bonds is 6. The van der Waals surface area contributed by atoms with E-state index in [4.69, 9.17) is 33.0 Å². The first-order chi connectivity index (χ1) is 13.9. The van der Waals surface area contributed by atoms with Gasteiger partial charge in [-0.15, -0.1) is 0 Å². The number of halogens is 2. The van der Waals surface area contributed by atoms with Crippen LogP contribution < -0.4 is 10.2 Å².